The molecule has 3 nitrogen and oxygen atoms in total. The first-order chi connectivity index (χ1) is 7.63. The molecular weight excluding hydrogens is 277 g/mol. The summed E-state index contributed by atoms with van der Waals surface area (Å²) in [5, 5.41) is 11.2. The van der Waals surface area contributed by atoms with Crippen LogP contribution in [-0.4, -0.2) is 24.2 Å². The minimum Gasteiger partial charge on any atom is -0.396 e. The standard InChI is InChI=1S/C11H13BrFNO2/c12-9-5-8(6-10(13)7-9)11(16)14-3-1-2-4-15/h5-7,15H,1-4H2,(H,14,16). The number of aliphatic hydroxyl groups is 1. The molecule has 1 aromatic carbocycles. The molecule has 88 valence electrons. The smallest absolute Gasteiger partial charge is 0.251 e. The van der Waals surface area contributed by atoms with Gasteiger partial charge in [0.15, 0.2) is 0 Å². The van der Waals surface area contributed by atoms with Crippen LogP contribution in [-0.2, 0) is 0 Å². The Morgan fingerprint density at radius 3 is 2.75 bits per heavy atom. The summed E-state index contributed by atoms with van der Waals surface area (Å²) in [6.45, 7) is 0.592. The van der Waals surface area contributed by atoms with Crippen LogP contribution in [0.15, 0.2) is 22.7 Å². The van der Waals surface area contributed by atoms with Crippen molar-refractivity contribution in [3.63, 3.8) is 0 Å². The summed E-state index contributed by atoms with van der Waals surface area (Å²) in [7, 11) is 0. The monoisotopic (exact) mass is 289 g/mol. The molecule has 0 unspecified atom stereocenters. The molecule has 1 aromatic rings. The van der Waals surface area contributed by atoms with Gasteiger partial charge < -0.3 is 10.4 Å². The van der Waals surface area contributed by atoms with Crippen molar-refractivity contribution in [2.24, 2.45) is 0 Å². The fraction of sp³-hybridized carbons (Fsp3) is 0.364. The van der Waals surface area contributed by atoms with Crippen LogP contribution in [0.2, 0.25) is 0 Å². The molecule has 1 rings (SSSR count). The highest BCUT2D eigenvalue weighted by Crippen LogP contribution is 2.14. The van der Waals surface area contributed by atoms with Crippen LogP contribution in [0.25, 0.3) is 0 Å². The average molecular weight is 290 g/mol. The van der Waals surface area contributed by atoms with E-state index in [0.717, 1.165) is 0 Å². The molecule has 0 aliphatic rings. The van der Waals surface area contributed by atoms with Gasteiger partial charge in [-0.15, -0.1) is 0 Å². The predicted molar refractivity (Wildman–Crippen MR) is 62.8 cm³/mol. The molecule has 5 heteroatoms. The first-order valence-corrected chi connectivity index (χ1v) is 5.78. The predicted octanol–water partition coefficient (Wildman–Crippen LogP) is 2.09. The maximum Gasteiger partial charge on any atom is 0.251 e. The van der Waals surface area contributed by atoms with Crippen molar-refractivity contribution in [3.05, 3.63) is 34.1 Å². The summed E-state index contributed by atoms with van der Waals surface area (Å²) in [4.78, 5) is 11.6. The molecule has 0 spiro atoms. The molecule has 1 amide bonds. The van der Waals surface area contributed by atoms with Gasteiger partial charge in [-0.1, -0.05) is 15.9 Å². The van der Waals surface area contributed by atoms with Crippen molar-refractivity contribution in [1.29, 1.82) is 0 Å². The molecule has 0 fully saturated rings. The first-order valence-electron chi connectivity index (χ1n) is 4.98. The number of aliphatic hydroxyl groups excluding tert-OH is 1. The fourth-order valence-corrected chi connectivity index (χ4v) is 1.69. The van der Waals surface area contributed by atoms with Crippen LogP contribution in [0, 0.1) is 5.82 Å². The number of halogens is 2. The summed E-state index contributed by atoms with van der Waals surface area (Å²) < 4.78 is 13.5. The van der Waals surface area contributed by atoms with Crippen molar-refractivity contribution in [1.82, 2.24) is 5.32 Å². The van der Waals surface area contributed by atoms with Gasteiger partial charge in [0.25, 0.3) is 5.91 Å². The molecule has 0 saturated heterocycles. The second-order valence-corrected chi connectivity index (χ2v) is 4.26. The minimum atomic E-state index is -0.449. The number of hydrogen-bond donors (Lipinski definition) is 2. The van der Waals surface area contributed by atoms with E-state index < -0.39 is 5.82 Å². The van der Waals surface area contributed by atoms with Crippen LogP contribution in [0.5, 0.6) is 0 Å². The van der Waals surface area contributed by atoms with Gasteiger partial charge in [-0.3, -0.25) is 4.79 Å². The van der Waals surface area contributed by atoms with Gasteiger partial charge in [0.05, 0.1) is 0 Å². The van der Waals surface area contributed by atoms with E-state index >= 15 is 0 Å². The molecule has 0 aliphatic carbocycles. The van der Waals surface area contributed by atoms with Crippen molar-refractivity contribution < 1.29 is 14.3 Å². The van der Waals surface area contributed by atoms with E-state index in [1.165, 1.54) is 12.1 Å². The summed E-state index contributed by atoms with van der Waals surface area (Å²) in [6.07, 6.45) is 1.35. The van der Waals surface area contributed by atoms with Crippen molar-refractivity contribution in [2.45, 2.75) is 12.8 Å². The molecule has 0 aromatic heterocycles. The third-order valence-corrected chi connectivity index (χ3v) is 2.45. The number of unbranched alkanes of at least 4 members (excludes halogenated alkanes) is 1. The summed E-state index contributed by atoms with van der Waals surface area (Å²) in [5.74, 6) is -0.756. The normalized spacial score (nSPS) is 10.2. The Balaban J connectivity index is 2.52. The van der Waals surface area contributed by atoms with Crippen LogP contribution in [0.4, 0.5) is 4.39 Å². The lowest BCUT2D eigenvalue weighted by Gasteiger charge is -2.05. The minimum absolute atomic E-state index is 0.112. The Morgan fingerprint density at radius 2 is 2.12 bits per heavy atom. The van der Waals surface area contributed by atoms with Crippen molar-refractivity contribution in [2.75, 3.05) is 13.2 Å². The molecule has 0 heterocycles. The van der Waals surface area contributed by atoms with E-state index in [4.69, 9.17) is 5.11 Å². The molecule has 0 saturated carbocycles. The Hall–Kier alpha value is -0.940. The van der Waals surface area contributed by atoms with Crippen LogP contribution in [0.1, 0.15) is 23.2 Å². The molecule has 2 N–H and O–H groups in total. The molecule has 0 radical (unpaired) electrons. The highest BCUT2D eigenvalue weighted by atomic mass is 79.9. The van der Waals surface area contributed by atoms with Crippen LogP contribution in [0.3, 0.4) is 0 Å². The summed E-state index contributed by atoms with van der Waals surface area (Å²) in [5.41, 5.74) is 0.288. The van der Waals surface area contributed by atoms with Crippen molar-refractivity contribution >= 4 is 21.8 Å². The number of nitrogens with one attached hydrogen (secondary N) is 1. The van der Waals surface area contributed by atoms with Gasteiger partial charge in [0.1, 0.15) is 5.82 Å². The number of hydrogen-bond acceptors (Lipinski definition) is 2. The zero-order chi connectivity index (χ0) is 12.0. The molecule has 16 heavy (non-hydrogen) atoms. The van der Waals surface area contributed by atoms with E-state index in [1.54, 1.807) is 6.07 Å². The zero-order valence-electron chi connectivity index (χ0n) is 8.67. The first kappa shape index (κ1) is 13.1. The van der Waals surface area contributed by atoms with Gasteiger partial charge >= 0.3 is 0 Å². The summed E-state index contributed by atoms with van der Waals surface area (Å²) in [6, 6.07) is 4.04. The number of carbonyl (C=O) groups excluding carboxylic acids is 1. The Labute approximate surface area is 102 Å². The van der Waals surface area contributed by atoms with E-state index in [-0.39, 0.29) is 18.1 Å². The van der Waals surface area contributed by atoms with Gasteiger partial charge in [0.2, 0.25) is 0 Å². The maximum atomic E-state index is 13.0. The zero-order valence-corrected chi connectivity index (χ0v) is 10.3. The second-order valence-electron chi connectivity index (χ2n) is 3.34. The SMILES string of the molecule is O=C(NCCCCO)c1cc(F)cc(Br)c1. The van der Waals surface area contributed by atoms with E-state index in [0.29, 0.717) is 23.9 Å². The maximum absolute atomic E-state index is 13.0. The fourth-order valence-electron chi connectivity index (χ4n) is 1.23. The average Bonchev–Trinajstić information content (AvgIpc) is 2.22. The van der Waals surface area contributed by atoms with Gasteiger partial charge in [0, 0.05) is 23.2 Å². The van der Waals surface area contributed by atoms with E-state index in [9.17, 15) is 9.18 Å². The molecular formula is C11H13BrFNO2. The Kier molecular flexibility index (Phi) is 5.42. The lowest BCUT2D eigenvalue weighted by atomic mass is 10.2. The number of amides is 1. The van der Waals surface area contributed by atoms with Gasteiger partial charge in [-0.25, -0.2) is 4.39 Å². The highest BCUT2D eigenvalue weighted by Gasteiger charge is 2.07. The van der Waals surface area contributed by atoms with Crippen LogP contribution >= 0.6 is 15.9 Å². The molecule has 0 bridgehead atoms. The molecule has 0 atom stereocenters. The number of rotatable bonds is 5. The topological polar surface area (TPSA) is 49.3 Å². The largest absolute Gasteiger partial charge is 0.396 e. The van der Waals surface area contributed by atoms with Gasteiger partial charge in [-0.2, -0.15) is 0 Å². The quantitative estimate of drug-likeness (QED) is 0.816. The van der Waals surface area contributed by atoms with Crippen molar-refractivity contribution in [3.8, 4) is 0 Å². The Morgan fingerprint density at radius 1 is 1.38 bits per heavy atom. The van der Waals surface area contributed by atoms with Crippen LogP contribution < -0.4 is 5.32 Å². The lowest BCUT2D eigenvalue weighted by molar-refractivity contribution is 0.0951. The summed E-state index contributed by atoms with van der Waals surface area (Å²) >= 11 is 3.12. The van der Waals surface area contributed by atoms with E-state index in [2.05, 4.69) is 21.2 Å². The Bertz CT molecular complexity index is 351. The molecule has 0 aliphatic heterocycles. The second kappa shape index (κ2) is 6.60. The van der Waals surface area contributed by atoms with E-state index in [1.807, 2.05) is 0 Å². The third kappa shape index (κ3) is 4.28. The highest BCUT2D eigenvalue weighted by molar-refractivity contribution is 9.10. The number of benzene rings is 1. The third-order valence-electron chi connectivity index (χ3n) is 2.00. The number of carbonyl (C=O) groups is 1. The van der Waals surface area contributed by atoms with Gasteiger partial charge in [-0.05, 0) is 31.0 Å². The lowest BCUT2D eigenvalue weighted by Crippen LogP contribution is -2.24.